The van der Waals surface area contributed by atoms with Crippen molar-refractivity contribution < 1.29 is 13.2 Å². The van der Waals surface area contributed by atoms with Crippen molar-refractivity contribution in [1.82, 2.24) is 4.31 Å². The first-order valence-corrected chi connectivity index (χ1v) is 8.55. The number of sulfonamides is 1. The molecule has 0 bridgehead atoms. The number of ether oxygens (including phenoxy) is 1. The number of hydrogen-bond acceptors (Lipinski definition) is 3. The Labute approximate surface area is 122 Å². The minimum Gasteiger partial charge on any atom is -0.496 e. The molecular weight excluding hydrogens is 330 g/mol. The van der Waals surface area contributed by atoms with Gasteiger partial charge in [-0.2, -0.15) is 4.31 Å². The van der Waals surface area contributed by atoms with Crippen LogP contribution in [0, 0.1) is 0 Å². The molecule has 1 heterocycles. The second-order valence-electron chi connectivity index (χ2n) is 4.76. The van der Waals surface area contributed by atoms with Crippen LogP contribution in [0.2, 0.25) is 0 Å². The van der Waals surface area contributed by atoms with E-state index in [1.807, 2.05) is 6.92 Å². The molecule has 0 spiro atoms. The van der Waals surface area contributed by atoms with Crippen molar-refractivity contribution in [3.63, 3.8) is 0 Å². The Morgan fingerprint density at radius 1 is 1.37 bits per heavy atom. The molecule has 0 radical (unpaired) electrons. The van der Waals surface area contributed by atoms with Crippen molar-refractivity contribution in [1.29, 1.82) is 0 Å². The predicted octanol–water partition coefficient (Wildman–Crippen LogP) is 3.02. The monoisotopic (exact) mass is 347 g/mol. The number of halogens is 1. The molecule has 1 saturated heterocycles. The second-order valence-corrected chi connectivity index (χ2v) is 7.50. The van der Waals surface area contributed by atoms with Crippen LogP contribution in [0.15, 0.2) is 27.6 Å². The molecule has 1 aromatic rings. The van der Waals surface area contributed by atoms with Crippen LogP contribution < -0.4 is 4.74 Å². The molecule has 4 nitrogen and oxygen atoms in total. The fourth-order valence-corrected chi connectivity index (χ4v) is 4.49. The zero-order valence-corrected chi connectivity index (χ0v) is 13.5. The molecule has 1 unspecified atom stereocenters. The molecule has 0 amide bonds. The van der Waals surface area contributed by atoms with Crippen molar-refractivity contribution in [2.24, 2.45) is 0 Å². The molecule has 106 valence electrons. The summed E-state index contributed by atoms with van der Waals surface area (Å²) in [6.45, 7) is 2.56. The molecule has 1 aliphatic rings. The second kappa shape index (κ2) is 5.81. The normalized spacial score (nSPS) is 21.3. The summed E-state index contributed by atoms with van der Waals surface area (Å²) in [7, 11) is -1.90. The Hall–Kier alpha value is -0.590. The van der Waals surface area contributed by atoms with Crippen LogP contribution >= 0.6 is 15.9 Å². The lowest BCUT2D eigenvalue weighted by atomic mass is 10.1. The summed E-state index contributed by atoms with van der Waals surface area (Å²) in [5, 5.41) is 0. The van der Waals surface area contributed by atoms with E-state index in [1.54, 1.807) is 22.5 Å². The lowest BCUT2D eigenvalue weighted by molar-refractivity contribution is 0.268. The number of nitrogens with zero attached hydrogens (tertiary/aromatic N) is 1. The lowest BCUT2D eigenvalue weighted by Gasteiger charge is -2.32. The molecule has 1 aromatic carbocycles. The first-order chi connectivity index (χ1) is 8.96. The highest BCUT2D eigenvalue weighted by atomic mass is 79.9. The maximum Gasteiger partial charge on any atom is 0.243 e. The molecule has 0 saturated carbocycles. The summed E-state index contributed by atoms with van der Waals surface area (Å²) in [4.78, 5) is 0.293. The molecule has 6 heteroatoms. The zero-order valence-electron chi connectivity index (χ0n) is 11.1. The highest BCUT2D eigenvalue weighted by molar-refractivity contribution is 9.10. The van der Waals surface area contributed by atoms with E-state index in [1.165, 1.54) is 7.11 Å². The highest BCUT2D eigenvalue weighted by Gasteiger charge is 2.31. The van der Waals surface area contributed by atoms with Gasteiger partial charge in [0.1, 0.15) is 5.75 Å². The van der Waals surface area contributed by atoms with Crippen LogP contribution in [-0.4, -0.2) is 32.4 Å². The van der Waals surface area contributed by atoms with E-state index >= 15 is 0 Å². The summed E-state index contributed by atoms with van der Waals surface area (Å²) >= 11 is 3.33. The smallest absolute Gasteiger partial charge is 0.243 e. The van der Waals surface area contributed by atoms with E-state index in [4.69, 9.17) is 4.74 Å². The van der Waals surface area contributed by atoms with Gasteiger partial charge in [-0.3, -0.25) is 0 Å². The van der Waals surface area contributed by atoms with E-state index in [-0.39, 0.29) is 6.04 Å². The third-order valence-electron chi connectivity index (χ3n) is 3.47. The fourth-order valence-electron chi connectivity index (χ4n) is 2.36. The molecule has 1 atom stereocenters. The van der Waals surface area contributed by atoms with Gasteiger partial charge in [0.05, 0.1) is 16.5 Å². The summed E-state index contributed by atoms with van der Waals surface area (Å²) < 4.78 is 32.8. The van der Waals surface area contributed by atoms with E-state index in [9.17, 15) is 8.42 Å². The summed E-state index contributed by atoms with van der Waals surface area (Å²) in [5.74, 6) is 0.533. The summed E-state index contributed by atoms with van der Waals surface area (Å²) in [6, 6.07) is 4.96. The Morgan fingerprint density at radius 2 is 2.11 bits per heavy atom. The SMILES string of the molecule is COc1cc(S(=O)(=O)N2CCCCC2C)ccc1Br. The van der Waals surface area contributed by atoms with Gasteiger partial charge in [-0.1, -0.05) is 6.42 Å². The van der Waals surface area contributed by atoms with Crippen molar-refractivity contribution in [3.05, 3.63) is 22.7 Å². The Balaban J connectivity index is 2.38. The Kier molecular flexibility index (Phi) is 4.53. The highest BCUT2D eigenvalue weighted by Crippen LogP contribution is 2.31. The van der Waals surface area contributed by atoms with E-state index in [0.717, 1.165) is 23.7 Å². The molecule has 0 aromatic heterocycles. The van der Waals surface area contributed by atoms with Crippen LogP contribution in [0.5, 0.6) is 5.75 Å². The first kappa shape index (κ1) is 14.8. The maximum atomic E-state index is 12.6. The molecule has 1 aliphatic heterocycles. The predicted molar refractivity (Wildman–Crippen MR) is 77.9 cm³/mol. The van der Waals surface area contributed by atoms with Crippen molar-refractivity contribution in [2.45, 2.75) is 37.1 Å². The van der Waals surface area contributed by atoms with Crippen LogP contribution in [-0.2, 0) is 10.0 Å². The van der Waals surface area contributed by atoms with Gasteiger partial charge in [0.2, 0.25) is 10.0 Å². The molecule has 2 rings (SSSR count). The number of benzene rings is 1. The minimum atomic E-state index is -3.43. The largest absolute Gasteiger partial charge is 0.496 e. The summed E-state index contributed by atoms with van der Waals surface area (Å²) in [6.07, 6.45) is 2.95. The fraction of sp³-hybridized carbons (Fsp3) is 0.538. The van der Waals surface area contributed by atoms with Crippen LogP contribution in [0.1, 0.15) is 26.2 Å². The standard InChI is InChI=1S/C13H18BrNO3S/c1-10-5-3-4-8-15(10)19(16,17)11-6-7-12(14)13(9-11)18-2/h6-7,9-10H,3-5,8H2,1-2H3. The molecule has 19 heavy (non-hydrogen) atoms. The minimum absolute atomic E-state index is 0.0633. The van der Waals surface area contributed by atoms with Crippen molar-refractivity contribution >= 4 is 26.0 Å². The van der Waals surface area contributed by atoms with E-state index in [2.05, 4.69) is 15.9 Å². The number of methoxy groups -OCH3 is 1. The number of hydrogen-bond donors (Lipinski definition) is 0. The van der Waals surface area contributed by atoms with Gasteiger partial charge in [0, 0.05) is 18.7 Å². The third-order valence-corrected chi connectivity index (χ3v) is 6.14. The van der Waals surface area contributed by atoms with Crippen LogP contribution in [0.4, 0.5) is 0 Å². The first-order valence-electron chi connectivity index (χ1n) is 6.32. The van der Waals surface area contributed by atoms with Gasteiger partial charge in [0.25, 0.3) is 0 Å². The molecule has 0 aliphatic carbocycles. The molecule has 0 N–H and O–H groups in total. The van der Waals surface area contributed by atoms with E-state index in [0.29, 0.717) is 17.2 Å². The van der Waals surface area contributed by atoms with Gasteiger partial charge in [-0.15, -0.1) is 0 Å². The quantitative estimate of drug-likeness (QED) is 0.844. The van der Waals surface area contributed by atoms with Gasteiger partial charge in [0.15, 0.2) is 0 Å². The summed E-state index contributed by atoms with van der Waals surface area (Å²) in [5.41, 5.74) is 0. The zero-order chi connectivity index (χ0) is 14.0. The van der Waals surface area contributed by atoms with Gasteiger partial charge >= 0.3 is 0 Å². The van der Waals surface area contributed by atoms with Crippen molar-refractivity contribution in [3.8, 4) is 5.75 Å². The number of rotatable bonds is 3. The average molecular weight is 348 g/mol. The maximum absolute atomic E-state index is 12.6. The van der Waals surface area contributed by atoms with Gasteiger partial charge < -0.3 is 4.74 Å². The van der Waals surface area contributed by atoms with Gasteiger partial charge in [-0.05, 0) is 47.8 Å². The van der Waals surface area contributed by atoms with Crippen molar-refractivity contribution in [2.75, 3.05) is 13.7 Å². The Morgan fingerprint density at radius 3 is 2.74 bits per heavy atom. The van der Waals surface area contributed by atoms with Crippen LogP contribution in [0.3, 0.4) is 0 Å². The third kappa shape index (κ3) is 2.95. The van der Waals surface area contributed by atoms with Crippen LogP contribution in [0.25, 0.3) is 0 Å². The van der Waals surface area contributed by atoms with E-state index < -0.39 is 10.0 Å². The Bertz CT molecular complexity index is 559. The molecular formula is C13H18BrNO3S. The number of piperidine rings is 1. The topological polar surface area (TPSA) is 46.6 Å². The average Bonchev–Trinajstić information content (AvgIpc) is 2.39. The molecule has 1 fully saturated rings. The van der Waals surface area contributed by atoms with Gasteiger partial charge in [-0.25, -0.2) is 8.42 Å². The lowest BCUT2D eigenvalue weighted by Crippen LogP contribution is -2.41.